The molecule has 0 unspecified atom stereocenters. The summed E-state index contributed by atoms with van der Waals surface area (Å²) in [6, 6.07) is 0. The summed E-state index contributed by atoms with van der Waals surface area (Å²) in [7, 11) is -3.16. The molecule has 0 bridgehead atoms. The van der Waals surface area contributed by atoms with Gasteiger partial charge in [-0.2, -0.15) is 4.31 Å². The van der Waals surface area contributed by atoms with Crippen LogP contribution >= 0.6 is 0 Å². The van der Waals surface area contributed by atoms with Gasteiger partial charge in [-0.15, -0.1) is 0 Å². The van der Waals surface area contributed by atoms with Crippen LogP contribution in [0, 0.1) is 0 Å². The summed E-state index contributed by atoms with van der Waals surface area (Å²) in [6.45, 7) is 8.54. The van der Waals surface area contributed by atoms with Crippen molar-refractivity contribution in [3.8, 4) is 0 Å². The standard InChI is InChI=1S/C11H25NO4S/c1-4-11-17(13,14)12(7-9-15-5-2)8-10-16-6-3/h4-11H2,1-3H3. The third kappa shape index (κ3) is 7.70. The lowest BCUT2D eigenvalue weighted by Crippen LogP contribution is -2.38. The van der Waals surface area contributed by atoms with Crippen molar-refractivity contribution in [3.05, 3.63) is 0 Å². The number of hydrogen-bond donors (Lipinski definition) is 0. The van der Waals surface area contributed by atoms with E-state index in [0.29, 0.717) is 45.9 Å². The highest BCUT2D eigenvalue weighted by Gasteiger charge is 2.20. The van der Waals surface area contributed by atoms with Crippen molar-refractivity contribution >= 4 is 10.0 Å². The monoisotopic (exact) mass is 267 g/mol. The van der Waals surface area contributed by atoms with Gasteiger partial charge in [-0.25, -0.2) is 8.42 Å². The fraction of sp³-hybridized carbons (Fsp3) is 1.00. The zero-order chi connectivity index (χ0) is 13.1. The van der Waals surface area contributed by atoms with E-state index in [1.807, 2.05) is 20.8 Å². The van der Waals surface area contributed by atoms with Crippen LogP contribution in [-0.2, 0) is 19.5 Å². The normalized spacial score (nSPS) is 12.2. The number of ether oxygens (including phenoxy) is 2. The molecule has 0 aromatic heterocycles. The highest BCUT2D eigenvalue weighted by molar-refractivity contribution is 7.89. The van der Waals surface area contributed by atoms with Gasteiger partial charge in [0.1, 0.15) is 0 Å². The Balaban J connectivity index is 4.27. The lowest BCUT2D eigenvalue weighted by molar-refractivity contribution is 0.110. The molecule has 0 atom stereocenters. The highest BCUT2D eigenvalue weighted by atomic mass is 32.2. The molecule has 0 spiro atoms. The lowest BCUT2D eigenvalue weighted by Gasteiger charge is -2.21. The summed E-state index contributed by atoms with van der Waals surface area (Å²) < 4.78 is 35.7. The van der Waals surface area contributed by atoms with E-state index in [0.717, 1.165) is 0 Å². The van der Waals surface area contributed by atoms with Gasteiger partial charge in [0.05, 0.1) is 19.0 Å². The molecular weight excluding hydrogens is 242 g/mol. The first kappa shape index (κ1) is 16.8. The number of nitrogens with zero attached hydrogens (tertiary/aromatic N) is 1. The molecule has 0 fully saturated rings. The Morgan fingerprint density at radius 2 is 1.41 bits per heavy atom. The average Bonchev–Trinajstić information content (AvgIpc) is 2.27. The first-order valence-electron chi connectivity index (χ1n) is 6.21. The molecule has 0 saturated heterocycles. The third-order valence-electron chi connectivity index (χ3n) is 2.23. The van der Waals surface area contributed by atoms with Gasteiger partial charge >= 0.3 is 0 Å². The van der Waals surface area contributed by atoms with Crippen molar-refractivity contribution in [3.63, 3.8) is 0 Å². The molecule has 0 aliphatic carbocycles. The second kappa shape index (κ2) is 9.82. The fourth-order valence-electron chi connectivity index (χ4n) is 1.40. The number of rotatable bonds is 11. The predicted molar refractivity (Wildman–Crippen MR) is 68.6 cm³/mol. The Morgan fingerprint density at radius 3 is 1.76 bits per heavy atom. The van der Waals surface area contributed by atoms with Crippen LogP contribution < -0.4 is 0 Å². The van der Waals surface area contributed by atoms with Gasteiger partial charge in [0, 0.05) is 26.3 Å². The summed E-state index contributed by atoms with van der Waals surface area (Å²) in [5.41, 5.74) is 0. The summed E-state index contributed by atoms with van der Waals surface area (Å²) in [5, 5.41) is 0. The summed E-state index contributed by atoms with van der Waals surface area (Å²) in [4.78, 5) is 0. The van der Waals surface area contributed by atoms with Crippen LogP contribution in [0.15, 0.2) is 0 Å². The van der Waals surface area contributed by atoms with Crippen LogP contribution in [0.3, 0.4) is 0 Å². The largest absolute Gasteiger partial charge is 0.380 e. The Labute approximate surface area is 105 Å². The van der Waals surface area contributed by atoms with Gasteiger partial charge in [0.2, 0.25) is 10.0 Å². The van der Waals surface area contributed by atoms with Gasteiger partial charge < -0.3 is 9.47 Å². The molecular formula is C11H25NO4S. The molecule has 0 aliphatic rings. The van der Waals surface area contributed by atoms with Crippen LogP contribution in [-0.4, -0.2) is 58.0 Å². The topological polar surface area (TPSA) is 55.8 Å². The highest BCUT2D eigenvalue weighted by Crippen LogP contribution is 2.03. The Hall–Kier alpha value is -0.170. The van der Waals surface area contributed by atoms with Crippen LogP contribution in [0.2, 0.25) is 0 Å². The first-order chi connectivity index (χ1) is 8.08. The average molecular weight is 267 g/mol. The Kier molecular flexibility index (Phi) is 9.72. The molecule has 104 valence electrons. The smallest absolute Gasteiger partial charge is 0.214 e. The van der Waals surface area contributed by atoms with Crippen LogP contribution in [0.1, 0.15) is 27.2 Å². The van der Waals surface area contributed by atoms with Gasteiger partial charge in [0.15, 0.2) is 0 Å². The minimum absolute atomic E-state index is 0.186. The minimum atomic E-state index is -3.16. The van der Waals surface area contributed by atoms with E-state index in [4.69, 9.17) is 9.47 Å². The Morgan fingerprint density at radius 1 is 0.941 bits per heavy atom. The Bertz CT molecular complexity index is 257. The summed E-state index contributed by atoms with van der Waals surface area (Å²) in [6.07, 6.45) is 0.627. The molecule has 0 aliphatic heterocycles. The van der Waals surface area contributed by atoms with E-state index >= 15 is 0 Å². The zero-order valence-electron chi connectivity index (χ0n) is 11.1. The molecule has 5 nitrogen and oxygen atoms in total. The lowest BCUT2D eigenvalue weighted by atomic mass is 10.6. The maximum absolute atomic E-state index is 11.9. The van der Waals surface area contributed by atoms with Crippen molar-refractivity contribution in [2.75, 3.05) is 45.3 Å². The van der Waals surface area contributed by atoms with E-state index in [1.54, 1.807) is 0 Å². The number of hydrogen-bond acceptors (Lipinski definition) is 4. The van der Waals surface area contributed by atoms with Crippen molar-refractivity contribution in [1.29, 1.82) is 0 Å². The van der Waals surface area contributed by atoms with Gasteiger partial charge in [-0.3, -0.25) is 0 Å². The maximum atomic E-state index is 11.9. The van der Waals surface area contributed by atoms with Crippen LogP contribution in [0.25, 0.3) is 0 Å². The van der Waals surface area contributed by atoms with Crippen LogP contribution in [0.5, 0.6) is 0 Å². The molecule has 0 amide bonds. The van der Waals surface area contributed by atoms with Crippen molar-refractivity contribution < 1.29 is 17.9 Å². The maximum Gasteiger partial charge on any atom is 0.214 e. The van der Waals surface area contributed by atoms with Gasteiger partial charge in [-0.1, -0.05) is 6.92 Å². The predicted octanol–water partition coefficient (Wildman–Crippen LogP) is 1.10. The second-order valence-corrected chi connectivity index (χ2v) is 5.70. The molecule has 6 heteroatoms. The quantitative estimate of drug-likeness (QED) is 0.526. The molecule has 0 rings (SSSR count). The van der Waals surface area contributed by atoms with Crippen molar-refractivity contribution in [1.82, 2.24) is 4.31 Å². The molecule has 17 heavy (non-hydrogen) atoms. The minimum Gasteiger partial charge on any atom is -0.380 e. The van der Waals surface area contributed by atoms with Crippen LogP contribution in [0.4, 0.5) is 0 Å². The van der Waals surface area contributed by atoms with E-state index < -0.39 is 10.0 Å². The van der Waals surface area contributed by atoms with Crippen molar-refractivity contribution in [2.24, 2.45) is 0 Å². The molecule has 0 N–H and O–H groups in total. The van der Waals surface area contributed by atoms with Crippen molar-refractivity contribution in [2.45, 2.75) is 27.2 Å². The summed E-state index contributed by atoms with van der Waals surface area (Å²) >= 11 is 0. The molecule has 0 radical (unpaired) electrons. The third-order valence-corrected chi connectivity index (χ3v) is 4.31. The van der Waals surface area contributed by atoms with Gasteiger partial charge in [0.25, 0.3) is 0 Å². The zero-order valence-corrected chi connectivity index (χ0v) is 12.0. The second-order valence-electron chi connectivity index (χ2n) is 3.61. The number of sulfonamides is 1. The van der Waals surface area contributed by atoms with E-state index in [-0.39, 0.29) is 5.75 Å². The van der Waals surface area contributed by atoms with E-state index in [9.17, 15) is 8.42 Å². The van der Waals surface area contributed by atoms with E-state index in [2.05, 4.69) is 0 Å². The molecule has 0 aromatic rings. The SMILES string of the molecule is CCCS(=O)(=O)N(CCOCC)CCOCC. The first-order valence-corrected chi connectivity index (χ1v) is 7.82. The fourth-order valence-corrected chi connectivity index (χ4v) is 2.88. The molecule has 0 aromatic carbocycles. The van der Waals surface area contributed by atoms with Gasteiger partial charge in [-0.05, 0) is 20.3 Å². The molecule has 0 heterocycles. The summed E-state index contributed by atoms with van der Waals surface area (Å²) in [5.74, 6) is 0.186. The molecule has 0 saturated carbocycles. The van der Waals surface area contributed by atoms with E-state index in [1.165, 1.54) is 4.31 Å².